The number of morpholine rings is 1. The zero-order chi connectivity index (χ0) is 22.8. The molecule has 33 heavy (non-hydrogen) atoms. The number of hydrogen-bond donors (Lipinski definition) is 2. The number of fused-ring (bicyclic) bond motifs is 1. The van der Waals surface area contributed by atoms with Gasteiger partial charge in [0.1, 0.15) is 12.0 Å². The van der Waals surface area contributed by atoms with Crippen molar-refractivity contribution >= 4 is 28.8 Å². The summed E-state index contributed by atoms with van der Waals surface area (Å²) in [4.78, 5) is 36.2. The molecule has 2 aromatic heterocycles. The van der Waals surface area contributed by atoms with Crippen LogP contribution in [0.2, 0.25) is 0 Å². The van der Waals surface area contributed by atoms with E-state index >= 15 is 0 Å². The summed E-state index contributed by atoms with van der Waals surface area (Å²) in [5, 5.41) is 3.02. The van der Waals surface area contributed by atoms with Gasteiger partial charge in [0.15, 0.2) is 11.3 Å². The summed E-state index contributed by atoms with van der Waals surface area (Å²) in [7, 11) is 0. The van der Waals surface area contributed by atoms with E-state index in [1.807, 2.05) is 54.6 Å². The number of nitrogens with zero attached hydrogens (tertiary/aromatic N) is 4. The van der Waals surface area contributed by atoms with Crippen molar-refractivity contribution in [2.75, 3.05) is 36.5 Å². The lowest BCUT2D eigenvalue weighted by Crippen LogP contribution is -2.36. The van der Waals surface area contributed by atoms with Gasteiger partial charge in [-0.2, -0.15) is 0 Å². The molecule has 3 heterocycles. The molecule has 5 rings (SSSR count). The van der Waals surface area contributed by atoms with Gasteiger partial charge >= 0.3 is 0 Å². The fourth-order valence-electron chi connectivity index (χ4n) is 3.92. The molecule has 0 aliphatic carbocycles. The molecule has 0 bridgehead atoms. The largest absolute Gasteiger partial charge is 0.378 e. The summed E-state index contributed by atoms with van der Waals surface area (Å²) in [5.74, 6) is -1.06. The summed E-state index contributed by atoms with van der Waals surface area (Å²) >= 11 is 0. The monoisotopic (exact) mass is 442 g/mol. The van der Waals surface area contributed by atoms with Gasteiger partial charge in [-0.25, -0.2) is 9.97 Å². The highest BCUT2D eigenvalue weighted by molar-refractivity contribution is 6.06. The van der Waals surface area contributed by atoms with Gasteiger partial charge in [0.25, 0.3) is 11.8 Å². The van der Waals surface area contributed by atoms with E-state index in [0.29, 0.717) is 24.6 Å². The Labute approximate surface area is 189 Å². The molecule has 0 atom stereocenters. The summed E-state index contributed by atoms with van der Waals surface area (Å²) < 4.78 is 6.94. The Kier molecular flexibility index (Phi) is 5.45. The first-order chi connectivity index (χ1) is 16.1. The van der Waals surface area contributed by atoms with Crippen LogP contribution in [-0.2, 0) is 4.74 Å². The summed E-state index contributed by atoms with van der Waals surface area (Å²) in [6.45, 7) is 2.76. The predicted molar refractivity (Wildman–Crippen MR) is 124 cm³/mol. The number of primary amides is 1. The molecule has 3 N–H and O–H groups in total. The van der Waals surface area contributed by atoms with Gasteiger partial charge in [-0.05, 0) is 18.2 Å². The predicted octanol–water partition coefficient (Wildman–Crippen LogP) is 2.58. The summed E-state index contributed by atoms with van der Waals surface area (Å²) in [5.41, 5.74) is 8.98. The van der Waals surface area contributed by atoms with Crippen molar-refractivity contribution in [3.8, 4) is 11.3 Å². The minimum atomic E-state index is -0.709. The third kappa shape index (κ3) is 4.01. The van der Waals surface area contributed by atoms with E-state index in [1.54, 1.807) is 6.07 Å². The van der Waals surface area contributed by atoms with E-state index in [4.69, 9.17) is 10.5 Å². The molecule has 9 heteroatoms. The number of benzene rings is 2. The molecular formula is C24H22N6O3. The van der Waals surface area contributed by atoms with Gasteiger partial charge in [0, 0.05) is 18.7 Å². The van der Waals surface area contributed by atoms with Crippen LogP contribution in [0.4, 0.5) is 11.4 Å². The third-order valence-electron chi connectivity index (χ3n) is 5.54. The third-order valence-corrected chi connectivity index (χ3v) is 5.54. The molecule has 0 saturated carbocycles. The average Bonchev–Trinajstić information content (AvgIpc) is 3.29. The van der Waals surface area contributed by atoms with Crippen LogP contribution in [0.15, 0.2) is 67.0 Å². The second-order valence-electron chi connectivity index (χ2n) is 7.61. The number of nitrogens with one attached hydrogen (secondary N) is 1. The minimum Gasteiger partial charge on any atom is -0.378 e. The van der Waals surface area contributed by atoms with Crippen LogP contribution in [-0.4, -0.2) is 52.5 Å². The summed E-state index contributed by atoms with van der Waals surface area (Å²) in [6.07, 6.45) is 1.39. The maximum absolute atomic E-state index is 13.5. The lowest BCUT2D eigenvalue weighted by molar-refractivity contribution is 0.0993. The molecule has 9 nitrogen and oxygen atoms in total. The van der Waals surface area contributed by atoms with Gasteiger partial charge in [0.2, 0.25) is 0 Å². The van der Waals surface area contributed by atoms with E-state index < -0.39 is 5.91 Å². The van der Waals surface area contributed by atoms with Crippen molar-refractivity contribution in [1.29, 1.82) is 0 Å². The quantitative estimate of drug-likeness (QED) is 0.491. The van der Waals surface area contributed by atoms with Crippen LogP contribution < -0.4 is 16.0 Å². The number of para-hydroxylation sites is 2. The first kappa shape index (κ1) is 20.7. The highest BCUT2D eigenvalue weighted by atomic mass is 16.5. The topological polar surface area (TPSA) is 115 Å². The number of anilines is 2. The number of imidazole rings is 1. The van der Waals surface area contributed by atoms with Gasteiger partial charge in [-0.3, -0.25) is 14.0 Å². The fraction of sp³-hybridized carbons (Fsp3) is 0.167. The molecule has 1 aliphatic heterocycles. The van der Waals surface area contributed by atoms with Crippen molar-refractivity contribution in [3.05, 3.63) is 78.4 Å². The van der Waals surface area contributed by atoms with Gasteiger partial charge < -0.3 is 20.7 Å². The van der Waals surface area contributed by atoms with E-state index in [9.17, 15) is 9.59 Å². The molecule has 1 saturated heterocycles. The number of rotatable bonds is 5. The zero-order valence-electron chi connectivity index (χ0n) is 17.8. The van der Waals surface area contributed by atoms with Crippen LogP contribution in [0.5, 0.6) is 0 Å². The molecule has 4 aromatic rings. The second kappa shape index (κ2) is 8.71. The van der Waals surface area contributed by atoms with E-state index in [1.165, 1.54) is 10.7 Å². The molecular weight excluding hydrogens is 420 g/mol. The smallest absolute Gasteiger partial charge is 0.272 e. The Morgan fingerprint density at radius 1 is 1.00 bits per heavy atom. The number of carbonyl (C=O) groups is 2. The maximum atomic E-state index is 13.5. The zero-order valence-corrected chi connectivity index (χ0v) is 17.8. The normalized spacial score (nSPS) is 13.8. The highest BCUT2D eigenvalue weighted by Crippen LogP contribution is 2.28. The summed E-state index contributed by atoms with van der Waals surface area (Å²) in [6, 6.07) is 18.8. The van der Waals surface area contributed by atoms with Crippen LogP contribution in [0.1, 0.15) is 21.0 Å². The molecule has 0 spiro atoms. The Hall–Kier alpha value is -4.24. The number of nitrogens with two attached hydrogens (primary N) is 1. The van der Waals surface area contributed by atoms with Crippen molar-refractivity contribution in [2.24, 2.45) is 5.73 Å². The lowest BCUT2D eigenvalue weighted by Gasteiger charge is -2.30. The Bertz CT molecular complexity index is 1330. The molecule has 1 aliphatic rings. The first-order valence-corrected chi connectivity index (χ1v) is 10.6. The number of amides is 2. The maximum Gasteiger partial charge on any atom is 0.272 e. The van der Waals surface area contributed by atoms with Gasteiger partial charge in [0.05, 0.1) is 30.3 Å². The SMILES string of the molecule is NC(=O)c1ncn2c(C(=O)Nc3ccccc3N3CCOCC3)cc(-c3ccccc3)nc12. The lowest BCUT2D eigenvalue weighted by atomic mass is 10.1. The number of ether oxygens (including phenoxy) is 1. The standard InChI is InChI=1S/C24H22N6O3/c25-22(31)21-23-27-18(16-6-2-1-3-7-16)14-20(30(23)15-26-21)24(32)28-17-8-4-5-9-19(17)29-10-12-33-13-11-29/h1-9,14-15H,10-13H2,(H2,25,31)(H,28,32). The molecule has 0 radical (unpaired) electrons. The van der Waals surface area contributed by atoms with Crippen molar-refractivity contribution in [1.82, 2.24) is 14.4 Å². The van der Waals surface area contributed by atoms with E-state index in [-0.39, 0.29) is 22.9 Å². The Morgan fingerprint density at radius 3 is 2.48 bits per heavy atom. The van der Waals surface area contributed by atoms with Gasteiger partial charge in [-0.15, -0.1) is 0 Å². The molecule has 1 fully saturated rings. The molecule has 166 valence electrons. The number of carbonyl (C=O) groups excluding carboxylic acids is 2. The molecule has 0 unspecified atom stereocenters. The van der Waals surface area contributed by atoms with Gasteiger partial charge in [-0.1, -0.05) is 42.5 Å². The molecule has 2 aromatic carbocycles. The second-order valence-corrected chi connectivity index (χ2v) is 7.61. The van der Waals surface area contributed by atoms with E-state index in [2.05, 4.69) is 20.2 Å². The van der Waals surface area contributed by atoms with E-state index in [0.717, 1.165) is 24.3 Å². The fourth-order valence-corrected chi connectivity index (χ4v) is 3.92. The van der Waals surface area contributed by atoms with Crippen molar-refractivity contribution < 1.29 is 14.3 Å². The van der Waals surface area contributed by atoms with Crippen molar-refractivity contribution in [3.63, 3.8) is 0 Å². The Balaban J connectivity index is 1.57. The number of aromatic nitrogens is 3. The average molecular weight is 442 g/mol. The minimum absolute atomic E-state index is 0.00977. The van der Waals surface area contributed by atoms with Crippen molar-refractivity contribution in [2.45, 2.75) is 0 Å². The van der Waals surface area contributed by atoms with Crippen LogP contribution >= 0.6 is 0 Å². The molecule has 2 amide bonds. The van der Waals surface area contributed by atoms with Crippen LogP contribution in [0, 0.1) is 0 Å². The van der Waals surface area contributed by atoms with Crippen LogP contribution in [0.3, 0.4) is 0 Å². The first-order valence-electron chi connectivity index (χ1n) is 10.6. The Morgan fingerprint density at radius 2 is 1.73 bits per heavy atom. The number of hydrogen-bond acceptors (Lipinski definition) is 6. The van der Waals surface area contributed by atoms with Crippen LogP contribution in [0.25, 0.3) is 16.9 Å². The highest BCUT2D eigenvalue weighted by Gasteiger charge is 2.21.